The van der Waals surface area contributed by atoms with E-state index in [0.717, 1.165) is 76.2 Å². The lowest BCUT2D eigenvalue weighted by molar-refractivity contribution is -0.141. The Labute approximate surface area is 436 Å². The third-order valence-electron chi connectivity index (χ3n) is 11.7. The number of esters is 2. The van der Waals surface area contributed by atoms with Gasteiger partial charge in [0.2, 0.25) is 0 Å². The average molecular weight is 1010 g/mol. The van der Waals surface area contributed by atoms with Gasteiger partial charge < -0.3 is 24.2 Å². The number of Topliss-reactive ketones (excluding diaryl/α,β-unsaturated/α-hetero) is 1. The fraction of sp³-hybridized carbons (Fsp3) is 0.847. The van der Waals surface area contributed by atoms with Crippen LogP contribution in [0.25, 0.3) is 0 Å². The molecule has 69 heavy (non-hydrogen) atoms. The van der Waals surface area contributed by atoms with Crippen LogP contribution < -0.4 is 0 Å². The van der Waals surface area contributed by atoms with Gasteiger partial charge in [-0.05, 0) is 129 Å². The topological polar surface area (TPSA) is 102 Å². The van der Waals surface area contributed by atoms with Crippen molar-refractivity contribution in [3.8, 4) is 0 Å². The molecule has 2 unspecified atom stereocenters. The first-order valence-corrected chi connectivity index (χ1v) is 30.7. The number of hydrogen-bond acceptors (Lipinski definition) is 10. The number of aliphatic hydroxyl groups excluding tert-OH is 1. The van der Waals surface area contributed by atoms with Gasteiger partial charge in [-0.1, -0.05) is 167 Å². The Balaban J connectivity index is -0.00000181. The zero-order valence-electron chi connectivity index (χ0n) is 46.6. The van der Waals surface area contributed by atoms with Crippen LogP contribution in [0.15, 0.2) is 36.5 Å². The maximum atomic E-state index is 12.0. The molecule has 8 nitrogen and oxygen atoms in total. The summed E-state index contributed by atoms with van der Waals surface area (Å²) in [5.41, 5.74) is 0. The van der Waals surface area contributed by atoms with Crippen LogP contribution in [0.5, 0.6) is 0 Å². The molecule has 0 bridgehead atoms. The van der Waals surface area contributed by atoms with Crippen molar-refractivity contribution in [3.63, 3.8) is 0 Å². The third-order valence-corrected chi connectivity index (χ3v) is 13.6. The minimum Gasteiger partial charge on any atom is -0.465 e. The molecule has 0 fully saturated rings. The van der Waals surface area contributed by atoms with Gasteiger partial charge in [0.05, 0.1) is 37.1 Å². The summed E-state index contributed by atoms with van der Waals surface area (Å²) in [6, 6.07) is 0. The summed E-state index contributed by atoms with van der Waals surface area (Å²) in [6.07, 6.45) is 50.6. The molecule has 408 valence electrons. The molecule has 0 aromatic heterocycles. The van der Waals surface area contributed by atoms with Gasteiger partial charge in [0.25, 0.3) is 0 Å². The van der Waals surface area contributed by atoms with Crippen LogP contribution in [0, 0.1) is 11.8 Å². The molecule has 0 aliphatic rings. The summed E-state index contributed by atoms with van der Waals surface area (Å²) in [4.78, 5) is 37.5. The van der Waals surface area contributed by atoms with Crippen LogP contribution in [-0.2, 0) is 28.6 Å². The molecule has 2 atom stereocenters. The van der Waals surface area contributed by atoms with Crippen LogP contribution in [0.2, 0.25) is 0 Å². The Bertz CT molecular complexity index is 1150. The molecule has 0 amide bonds. The summed E-state index contributed by atoms with van der Waals surface area (Å²) >= 11 is 2.92. The largest absolute Gasteiger partial charge is 0.465 e. The van der Waals surface area contributed by atoms with Crippen LogP contribution >= 0.6 is 23.5 Å². The summed E-state index contributed by atoms with van der Waals surface area (Å²) in [6.45, 7) is 16.4. The van der Waals surface area contributed by atoms with E-state index < -0.39 is 0 Å². The maximum Gasteiger partial charge on any atom is 0.315 e. The lowest BCUT2D eigenvalue weighted by atomic mass is 9.93. The Morgan fingerprint density at radius 3 is 1.59 bits per heavy atom. The number of thioether (sulfide) groups is 2. The molecule has 10 heteroatoms. The van der Waals surface area contributed by atoms with Gasteiger partial charge in [-0.25, -0.2) is 0 Å². The highest BCUT2D eigenvalue weighted by molar-refractivity contribution is 8.00. The van der Waals surface area contributed by atoms with Gasteiger partial charge in [-0.15, -0.1) is 23.5 Å². The fourth-order valence-electron chi connectivity index (χ4n) is 7.44. The number of aliphatic hydroxyl groups is 1. The van der Waals surface area contributed by atoms with E-state index in [4.69, 9.17) is 19.3 Å². The van der Waals surface area contributed by atoms with E-state index in [9.17, 15) is 14.4 Å². The standard InChI is InChI=1S/C40H75NO6S2.C17H32.C2H6O/c1-6-8-16-22-36(3)23-17-14-12-10-9-11-13-15-18-29-46-39(43)34-48-32-31-45-28-20-25-37(24-19-27-41(4)5)26-21-30-47-40(44)35-49-33-38(42)7-2;1-3-5-7-9-11-13-15-17-16-14-12-10-8-6-4-2;1-2-3/h14,17,36-37H,6-13,15-16,18-35H2,1-5H3;11,13,15,17H,3-10,12,14,16H2,1-2H3;3H,2H2,1H3/b17-14-;13-11+,17-15+;. The molecule has 0 aromatic rings. The summed E-state index contributed by atoms with van der Waals surface area (Å²) in [5, 5.41) is 7.57. The molecule has 0 radical (unpaired) electrons. The summed E-state index contributed by atoms with van der Waals surface area (Å²) in [7, 11) is 4.21. The Hall–Kier alpha value is -1.59. The highest BCUT2D eigenvalue weighted by atomic mass is 32.2. The number of rotatable bonds is 49. The van der Waals surface area contributed by atoms with Gasteiger partial charge in [0, 0.05) is 25.4 Å². The van der Waals surface area contributed by atoms with Gasteiger partial charge in [0.15, 0.2) is 0 Å². The number of ketones is 1. The van der Waals surface area contributed by atoms with Crippen LogP contribution in [0.3, 0.4) is 0 Å². The van der Waals surface area contributed by atoms with Crippen molar-refractivity contribution in [1.82, 2.24) is 4.90 Å². The van der Waals surface area contributed by atoms with Gasteiger partial charge in [-0.3, -0.25) is 14.4 Å². The molecule has 0 saturated heterocycles. The SMILES string of the molecule is CCCCC/C=C/C=C/CCCCCCCC.CCCCCC(C)C/C=C\CCCCCCCCOC(=O)CSCCOCCCC(CCCOC(=O)CSCC(=O)CC)CCCN(C)C.CCO. The molecule has 0 saturated carbocycles. The van der Waals surface area contributed by atoms with Crippen LogP contribution in [0.1, 0.15) is 234 Å². The number of allylic oxidation sites excluding steroid dienone is 6. The number of carbonyl (C=O) groups is 3. The maximum absolute atomic E-state index is 12.0. The number of ether oxygens (including phenoxy) is 3. The van der Waals surface area contributed by atoms with Crippen molar-refractivity contribution in [2.45, 2.75) is 234 Å². The molecule has 0 aromatic carbocycles. The summed E-state index contributed by atoms with van der Waals surface area (Å²) in [5.74, 6) is 3.03. The van der Waals surface area contributed by atoms with E-state index in [2.05, 4.69) is 83.1 Å². The molecular weight excluding hydrogens is 899 g/mol. The minimum atomic E-state index is -0.231. The van der Waals surface area contributed by atoms with Crippen LogP contribution in [0.4, 0.5) is 0 Å². The van der Waals surface area contributed by atoms with E-state index in [0.29, 0.717) is 43.7 Å². The van der Waals surface area contributed by atoms with E-state index in [1.54, 1.807) is 18.7 Å². The normalized spacial score (nSPS) is 12.3. The summed E-state index contributed by atoms with van der Waals surface area (Å²) < 4.78 is 16.6. The molecule has 0 rings (SSSR count). The number of hydrogen-bond donors (Lipinski definition) is 1. The second-order valence-electron chi connectivity index (χ2n) is 19.0. The quantitative estimate of drug-likeness (QED) is 0.0274. The van der Waals surface area contributed by atoms with E-state index in [1.165, 1.54) is 147 Å². The first-order valence-electron chi connectivity index (χ1n) is 28.4. The van der Waals surface area contributed by atoms with E-state index in [-0.39, 0.29) is 30.1 Å². The minimum absolute atomic E-state index is 0.118. The molecule has 0 heterocycles. The van der Waals surface area contributed by atoms with Gasteiger partial charge in [0.1, 0.15) is 5.78 Å². The zero-order chi connectivity index (χ0) is 51.5. The lowest BCUT2D eigenvalue weighted by Gasteiger charge is -2.18. The number of nitrogens with zero attached hydrogens (tertiary/aromatic N) is 1. The highest BCUT2D eigenvalue weighted by Gasteiger charge is 2.11. The smallest absolute Gasteiger partial charge is 0.315 e. The van der Waals surface area contributed by atoms with Crippen molar-refractivity contribution in [1.29, 1.82) is 0 Å². The first-order chi connectivity index (χ1) is 33.6. The predicted octanol–water partition coefficient (Wildman–Crippen LogP) is 16.4. The first kappa shape index (κ1) is 71.7. The number of carbonyl (C=O) groups excluding carboxylic acids is 3. The molecule has 1 N–H and O–H groups in total. The van der Waals surface area contributed by atoms with E-state index >= 15 is 0 Å². The van der Waals surface area contributed by atoms with Crippen molar-refractivity contribution >= 4 is 41.2 Å². The molecule has 0 aliphatic heterocycles. The van der Waals surface area contributed by atoms with E-state index in [1.807, 2.05) is 6.92 Å². The van der Waals surface area contributed by atoms with Crippen molar-refractivity contribution < 1.29 is 33.7 Å². The molecular formula is C59H113NO7S2. The molecule has 0 spiro atoms. The Morgan fingerprint density at radius 2 is 1.00 bits per heavy atom. The van der Waals surface area contributed by atoms with Gasteiger partial charge >= 0.3 is 11.9 Å². The van der Waals surface area contributed by atoms with Crippen molar-refractivity contribution in [2.24, 2.45) is 11.8 Å². The Kier molecular flexibility index (Phi) is 64.9. The Morgan fingerprint density at radius 1 is 0.522 bits per heavy atom. The highest BCUT2D eigenvalue weighted by Crippen LogP contribution is 2.21. The monoisotopic (exact) mass is 1010 g/mol. The third kappa shape index (κ3) is 66.4. The second kappa shape index (κ2) is 62.5. The average Bonchev–Trinajstić information content (AvgIpc) is 3.33. The van der Waals surface area contributed by atoms with Crippen molar-refractivity contribution in [2.75, 3.05) is 76.7 Å². The zero-order valence-corrected chi connectivity index (χ0v) is 48.2. The van der Waals surface area contributed by atoms with Crippen LogP contribution in [-0.4, -0.2) is 104 Å². The number of unbranched alkanes of at least 4 members (excludes halogenated alkanes) is 17. The predicted molar refractivity (Wildman–Crippen MR) is 305 cm³/mol. The van der Waals surface area contributed by atoms with Crippen molar-refractivity contribution in [3.05, 3.63) is 36.5 Å². The van der Waals surface area contributed by atoms with Gasteiger partial charge in [-0.2, -0.15) is 0 Å². The lowest BCUT2D eigenvalue weighted by Crippen LogP contribution is -2.15. The molecule has 0 aliphatic carbocycles. The fourth-order valence-corrected chi connectivity index (χ4v) is 8.85. The second-order valence-corrected chi connectivity index (χ2v) is 21.1.